The number of esters is 2. The highest BCUT2D eigenvalue weighted by Gasteiger charge is 2.35. The van der Waals surface area contributed by atoms with Crippen molar-refractivity contribution in [1.29, 1.82) is 0 Å². The van der Waals surface area contributed by atoms with E-state index in [-0.39, 0.29) is 0 Å². The van der Waals surface area contributed by atoms with Crippen LogP contribution in [0.25, 0.3) is 0 Å². The zero-order valence-electron chi connectivity index (χ0n) is 11.0. The van der Waals surface area contributed by atoms with Gasteiger partial charge in [0.1, 0.15) is 0 Å². The first kappa shape index (κ1) is 18.4. The number of halogens is 3. The lowest BCUT2D eigenvalue weighted by Crippen LogP contribution is -2.30. The number of hydrogen-bond donors (Lipinski definition) is 1. The van der Waals surface area contributed by atoms with Crippen LogP contribution < -0.4 is 5.73 Å². The van der Waals surface area contributed by atoms with Gasteiger partial charge in [0.15, 0.2) is 5.57 Å². The normalized spacial score (nSPS) is 11.4. The van der Waals surface area contributed by atoms with Crippen LogP contribution >= 0.6 is 34.8 Å². The van der Waals surface area contributed by atoms with Crippen LogP contribution in [0.4, 0.5) is 0 Å². The van der Waals surface area contributed by atoms with Crippen LogP contribution in [0, 0.1) is 0 Å². The van der Waals surface area contributed by atoms with E-state index in [1.54, 1.807) is 27.7 Å². The van der Waals surface area contributed by atoms with Crippen LogP contribution in [0.3, 0.4) is 0 Å². The lowest BCUT2D eigenvalue weighted by Gasteiger charge is -2.18. The molecule has 0 heterocycles. The van der Waals surface area contributed by atoms with Gasteiger partial charge >= 0.3 is 11.9 Å². The number of carbonyl (C=O) groups is 2. The molecule has 0 saturated carbocycles. The number of carbonyl (C=O) groups excluding carboxylic acids is 2. The molecule has 0 aliphatic rings. The highest BCUT2D eigenvalue weighted by atomic mass is 35.6. The van der Waals surface area contributed by atoms with Gasteiger partial charge in [-0.15, -0.1) is 0 Å². The first-order chi connectivity index (χ1) is 8.46. The molecule has 0 saturated heterocycles. The smallest absolute Gasteiger partial charge is 0.347 e. The van der Waals surface area contributed by atoms with Crippen molar-refractivity contribution >= 4 is 46.7 Å². The molecule has 0 fully saturated rings. The lowest BCUT2D eigenvalue weighted by atomic mass is 10.2. The molecular formula is C11H16Cl3NO4. The second kappa shape index (κ2) is 7.22. The lowest BCUT2D eigenvalue weighted by molar-refractivity contribution is -0.151. The van der Waals surface area contributed by atoms with E-state index in [0.717, 1.165) is 0 Å². The van der Waals surface area contributed by atoms with Crippen LogP contribution in [-0.2, 0) is 19.1 Å². The summed E-state index contributed by atoms with van der Waals surface area (Å²) in [6, 6.07) is 0. The van der Waals surface area contributed by atoms with E-state index in [0.29, 0.717) is 0 Å². The maximum absolute atomic E-state index is 11.8. The minimum absolute atomic E-state index is 0.461. The van der Waals surface area contributed by atoms with Gasteiger partial charge in [0.2, 0.25) is 3.79 Å². The molecule has 0 rings (SSSR count). The Bertz CT molecular complexity index is 362. The highest BCUT2D eigenvalue weighted by molar-refractivity contribution is 6.69. The summed E-state index contributed by atoms with van der Waals surface area (Å²) >= 11 is 16.7. The fraction of sp³-hybridized carbons (Fsp3) is 0.636. The molecule has 0 aromatic heterocycles. The zero-order chi connectivity index (χ0) is 15.4. The van der Waals surface area contributed by atoms with E-state index in [1.165, 1.54) is 0 Å². The topological polar surface area (TPSA) is 78.6 Å². The molecule has 0 atom stereocenters. The molecule has 19 heavy (non-hydrogen) atoms. The van der Waals surface area contributed by atoms with Gasteiger partial charge in [-0.05, 0) is 27.7 Å². The molecule has 0 radical (unpaired) electrons. The van der Waals surface area contributed by atoms with E-state index in [2.05, 4.69) is 0 Å². The maximum Gasteiger partial charge on any atom is 0.347 e. The Balaban J connectivity index is 5.51. The molecule has 110 valence electrons. The number of ether oxygens (including phenoxy) is 2. The molecule has 0 aromatic carbocycles. The first-order valence-electron chi connectivity index (χ1n) is 5.45. The van der Waals surface area contributed by atoms with Crippen molar-refractivity contribution in [3.63, 3.8) is 0 Å². The van der Waals surface area contributed by atoms with E-state index < -0.39 is 39.2 Å². The fourth-order valence-corrected chi connectivity index (χ4v) is 1.27. The second-order valence-electron chi connectivity index (χ2n) is 4.19. The van der Waals surface area contributed by atoms with E-state index in [9.17, 15) is 9.59 Å². The number of rotatable bonds is 4. The number of alkyl halides is 3. The third-order valence-electron chi connectivity index (χ3n) is 1.67. The molecule has 2 N–H and O–H groups in total. The summed E-state index contributed by atoms with van der Waals surface area (Å²) in [5.74, 6) is -1.99. The van der Waals surface area contributed by atoms with Crippen LogP contribution in [-0.4, -0.2) is 27.9 Å². The van der Waals surface area contributed by atoms with Crippen molar-refractivity contribution in [3.05, 3.63) is 11.3 Å². The zero-order valence-corrected chi connectivity index (χ0v) is 13.3. The average Bonchev–Trinajstić information content (AvgIpc) is 2.13. The van der Waals surface area contributed by atoms with Gasteiger partial charge < -0.3 is 15.2 Å². The Morgan fingerprint density at radius 2 is 1.26 bits per heavy atom. The first-order valence-corrected chi connectivity index (χ1v) is 6.59. The van der Waals surface area contributed by atoms with Crippen molar-refractivity contribution in [2.45, 2.75) is 43.7 Å². The summed E-state index contributed by atoms with van der Waals surface area (Å²) in [6.45, 7) is 6.42. The molecule has 0 aliphatic carbocycles. The van der Waals surface area contributed by atoms with Gasteiger partial charge in [0.25, 0.3) is 0 Å². The van der Waals surface area contributed by atoms with Gasteiger partial charge in [0, 0.05) is 0 Å². The van der Waals surface area contributed by atoms with Gasteiger partial charge in [-0.25, -0.2) is 9.59 Å². The van der Waals surface area contributed by atoms with E-state index in [4.69, 9.17) is 50.0 Å². The Kier molecular flexibility index (Phi) is 6.97. The van der Waals surface area contributed by atoms with Crippen molar-refractivity contribution in [1.82, 2.24) is 0 Å². The molecule has 0 aliphatic heterocycles. The van der Waals surface area contributed by atoms with Crippen LogP contribution in [0.15, 0.2) is 11.3 Å². The maximum atomic E-state index is 11.8. The molecule has 8 heteroatoms. The molecular weight excluding hydrogens is 316 g/mol. The number of hydrogen-bond acceptors (Lipinski definition) is 5. The number of nitrogens with two attached hydrogens (primary N) is 1. The third kappa shape index (κ3) is 6.36. The van der Waals surface area contributed by atoms with Crippen LogP contribution in [0.5, 0.6) is 0 Å². The summed E-state index contributed by atoms with van der Waals surface area (Å²) in [5, 5.41) is 0. The third-order valence-corrected chi connectivity index (χ3v) is 2.28. The molecule has 0 bridgehead atoms. The second-order valence-corrected chi connectivity index (χ2v) is 6.48. The monoisotopic (exact) mass is 331 g/mol. The summed E-state index contributed by atoms with van der Waals surface area (Å²) in [5.41, 5.74) is 4.39. The standard InChI is InChI=1S/C11H16Cl3NO4/c1-5(2)18-9(16)7(8(15)11(12,13)14)10(17)19-6(3)4/h5-6H,15H2,1-4H3. The summed E-state index contributed by atoms with van der Waals surface area (Å²) < 4.78 is 7.65. The minimum atomic E-state index is -2.11. The quantitative estimate of drug-likeness (QED) is 0.281. The van der Waals surface area contributed by atoms with E-state index in [1.807, 2.05) is 0 Å². The Labute approximate surface area is 126 Å². The Hall–Kier alpha value is -0.650. The fourth-order valence-electron chi connectivity index (χ4n) is 0.991. The minimum Gasteiger partial charge on any atom is -0.459 e. The van der Waals surface area contributed by atoms with Gasteiger partial charge in [0.05, 0.1) is 17.9 Å². The van der Waals surface area contributed by atoms with Crippen molar-refractivity contribution in [2.24, 2.45) is 5.73 Å². The van der Waals surface area contributed by atoms with Gasteiger partial charge in [-0.3, -0.25) is 0 Å². The Morgan fingerprint density at radius 1 is 0.947 bits per heavy atom. The largest absolute Gasteiger partial charge is 0.459 e. The van der Waals surface area contributed by atoms with Crippen molar-refractivity contribution in [3.8, 4) is 0 Å². The molecule has 0 aromatic rings. The summed E-state index contributed by atoms with van der Waals surface area (Å²) in [6.07, 6.45) is -0.921. The molecule has 0 spiro atoms. The predicted octanol–water partition coefficient (Wildman–Crippen LogP) is 2.47. The van der Waals surface area contributed by atoms with E-state index >= 15 is 0 Å². The molecule has 0 amide bonds. The number of allylic oxidation sites excluding steroid dienone is 1. The summed E-state index contributed by atoms with van der Waals surface area (Å²) in [7, 11) is 0. The summed E-state index contributed by atoms with van der Waals surface area (Å²) in [4.78, 5) is 23.7. The van der Waals surface area contributed by atoms with Gasteiger partial charge in [-0.2, -0.15) is 0 Å². The van der Waals surface area contributed by atoms with Crippen LogP contribution in [0.1, 0.15) is 27.7 Å². The van der Waals surface area contributed by atoms with Gasteiger partial charge in [-0.1, -0.05) is 34.8 Å². The average molecular weight is 333 g/mol. The Morgan fingerprint density at radius 3 is 1.47 bits per heavy atom. The van der Waals surface area contributed by atoms with Crippen molar-refractivity contribution in [2.75, 3.05) is 0 Å². The SMILES string of the molecule is CC(C)OC(=O)C(C(=O)OC(C)C)=C(N)C(Cl)(Cl)Cl. The van der Waals surface area contributed by atoms with Crippen molar-refractivity contribution < 1.29 is 19.1 Å². The molecule has 0 unspecified atom stereocenters. The molecule has 5 nitrogen and oxygen atoms in total. The van der Waals surface area contributed by atoms with Crippen LogP contribution in [0.2, 0.25) is 0 Å². The predicted molar refractivity (Wildman–Crippen MR) is 74.0 cm³/mol. The highest BCUT2D eigenvalue weighted by Crippen LogP contribution is 2.34.